The van der Waals surface area contributed by atoms with Crippen molar-refractivity contribution in [3.8, 4) is 6.01 Å². The Bertz CT molecular complexity index is 228. The van der Waals surface area contributed by atoms with Crippen molar-refractivity contribution in [1.82, 2.24) is 15.2 Å². The van der Waals surface area contributed by atoms with Gasteiger partial charge in [-0.2, -0.15) is 4.98 Å². The molecule has 4 nitrogen and oxygen atoms in total. The largest absolute Gasteiger partial charge is 0.464 e. The molecule has 9 heavy (non-hydrogen) atoms. The maximum atomic E-state index is 4.96. The molecule has 1 aromatic heterocycles. The van der Waals surface area contributed by atoms with Crippen LogP contribution in [0.4, 0.5) is 0 Å². The maximum Gasteiger partial charge on any atom is 0.311 e. The van der Waals surface area contributed by atoms with Crippen LogP contribution in [0, 0.1) is 4.77 Å². The molecule has 2 N–H and O–H groups in total. The summed E-state index contributed by atoms with van der Waals surface area (Å²) >= 11 is 4.67. The lowest BCUT2D eigenvalue weighted by molar-refractivity contribution is 0.314. The molecule has 0 radical (unpaired) electrons. The van der Waals surface area contributed by atoms with E-state index in [0.29, 0.717) is 17.4 Å². The van der Waals surface area contributed by atoms with Crippen molar-refractivity contribution < 1.29 is 4.74 Å². The van der Waals surface area contributed by atoms with E-state index in [4.69, 9.17) is 4.74 Å². The fraction of sp³-hybridized carbons (Fsp3) is 0.500. The van der Waals surface area contributed by atoms with Crippen molar-refractivity contribution in [3.05, 3.63) is 4.77 Å². The summed E-state index contributed by atoms with van der Waals surface area (Å²) in [5.41, 5.74) is 0. The first-order valence-corrected chi connectivity index (χ1v) is 3.01. The van der Waals surface area contributed by atoms with Gasteiger partial charge in [0.15, 0.2) is 0 Å². The predicted molar refractivity (Wildman–Crippen MR) is 34.9 cm³/mol. The monoisotopic (exact) mass is 145 g/mol. The molecule has 1 aromatic rings. The number of hydrogen-bond donors (Lipinski definition) is 2. The average Bonchev–Trinajstić information content (AvgIpc) is 2.17. The number of aromatic nitrogens is 3. The Morgan fingerprint density at radius 2 is 2.44 bits per heavy atom. The van der Waals surface area contributed by atoms with E-state index in [9.17, 15) is 0 Å². The van der Waals surface area contributed by atoms with Gasteiger partial charge >= 0.3 is 6.01 Å². The van der Waals surface area contributed by atoms with Gasteiger partial charge in [-0.3, -0.25) is 10.2 Å². The molecule has 50 valence electrons. The van der Waals surface area contributed by atoms with Gasteiger partial charge in [0.25, 0.3) is 0 Å². The Morgan fingerprint density at radius 1 is 1.67 bits per heavy atom. The molecule has 0 fully saturated rings. The van der Waals surface area contributed by atoms with Crippen molar-refractivity contribution in [2.24, 2.45) is 0 Å². The van der Waals surface area contributed by atoms with Crippen molar-refractivity contribution in [2.75, 3.05) is 6.61 Å². The molecule has 1 heterocycles. The van der Waals surface area contributed by atoms with E-state index in [1.807, 2.05) is 6.92 Å². The molecule has 0 aliphatic carbocycles. The summed E-state index contributed by atoms with van der Waals surface area (Å²) in [6, 6.07) is 0.447. The van der Waals surface area contributed by atoms with Crippen LogP contribution in [0.15, 0.2) is 0 Å². The lowest BCUT2D eigenvalue weighted by atomic mass is 10.9. The van der Waals surface area contributed by atoms with Gasteiger partial charge in [-0.05, 0) is 19.1 Å². The second kappa shape index (κ2) is 2.63. The Labute approximate surface area is 57.3 Å². The zero-order valence-corrected chi connectivity index (χ0v) is 5.79. The average molecular weight is 145 g/mol. The van der Waals surface area contributed by atoms with E-state index in [1.165, 1.54) is 0 Å². The third-order valence-corrected chi connectivity index (χ3v) is 0.954. The molecule has 0 aliphatic rings. The summed E-state index contributed by atoms with van der Waals surface area (Å²) in [6.45, 7) is 2.47. The quantitative estimate of drug-likeness (QED) is 0.607. The number of ether oxygens (including phenoxy) is 1. The van der Waals surface area contributed by atoms with Crippen LogP contribution >= 0.6 is 12.2 Å². The van der Waals surface area contributed by atoms with Gasteiger partial charge in [0.1, 0.15) is 0 Å². The summed E-state index contributed by atoms with van der Waals surface area (Å²) in [4.78, 5) is 3.78. The number of nitrogens with zero attached hydrogens (tertiary/aromatic N) is 1. The summed E-state index contributed by atoms with van der Waals surface area (Å²) in [5, 5.41) is 5.25. The molecule has 0 unspecified atom stereocenters. The molecular weight excluding hydrogens is 138 g/mol. The van der Waals surface area contributed by atoms with Crippen LogP contribution in [0.2, 0.25) is 0 Å². The van der Waals surface area contributed by atoms with Crippen molar-refractivity contribution in [1.29, 1.82) is 0 Å². The van der Waals surface area contributed by atoms with Gasteiger partial charge in [-0.25, -0.2) is 0 Å². The highest BCUT2D eigenvalue weighted by Crippen LogP contribution is 1.95. The van der Waals surface area contributed by atoms with Gasteiger partial charge in [0, 0.05) is 0 Å². The minimum Gasteiger partial charge on any atom is -0.464 e. The Morgan fingerprint density at radius 3 is 2.89 bits per heavy atom. The van der Waals surface area contributed by atoms with Crippen LogP contribution in [0.1, 0.15) is 6.92 Å². The summed E-state index contributed by atoms with van der Waals surface area (Å²) < 4.78 is 5.38. The van der Waals surface area contributed by atoms with Crippen LogP contribution in [-0.2, 0) is 0 Å². The molecule has 5 heteroatoms. The van der Waals surface area contributed by atoms with Gasteiger partial charge in [0.05, 0.1) is 6.61 Å². The molecule has 0 bridgehead atoms. The minimum atomic E-state index is 0.415. The van der Waals surface area contributed by atoms with Crippen molar-refractivity contribution in [2.45, 2.75) is 6.92 Å². The highest BCUT2D eigenvalue weighted by molar-refractivity contribution is 7.71. The SMILES string of the molecule is CCOc1nc(=S)[nH][nH]1. The van der Waals surface area contributed by atoms with Crippen LogP contribution in [-0.4, -0.2) is 21.8 Å². The second-order valence-corrected chi connectivity index (χ2v) is 1.79. The smallest absolute Gasteiger partial charge is 0.311 e. The molecule has 0 aromatic carbocycles. The van der Waals surface area contributed by atoms with Crippen LogP contribution in [0.25, 0.3) is 0 Å². The van der Waals surface area contributed by atoms with Gasteiger partial charge < -0.3 is 4.74 Å². The highest BCUT2D eigenvalue weighted by atomic mass is 32.1. The number of nitrogens with one attached hydrogen (secondary N) is 2. The predicted octanol–water partition coefficient (Wildman–Crippen LogP) is 0.866. The standard InChI is InChI=1S/C4H7N3OS/c1-2-8-3-5-4(9)7-6-3/h2H2,1H3,(H2,5,6,7,9). The molecule has 0 amide bonds. The molecule has 0 aliphatic heterocycles. The van der Waals surface area contributed by atoms with Gasteiger partial charge in [-0.1, -0.05) is 0 Å². The molecule has 0 atom stereocenters. The van der Waals surface area contributed by atoms with Gasteiger partial charge in [-0.15, -0.1) is 0 Å². The van der Waals surface area contributed by atoms with E-state index in [1.54, 1.807) is 0 Å². The summed E-state index contributed by atoms with van der Waals surface area (Å²) in [7, 11) is 0. The molecular formula is C4H7N3OS. The first kappa shape index (κ1) is 6.28. The zero-order valence-electron chi connectivity index (χ0n) is 4.97. The fourth-order valence-corrected chi connectivity index (χ4v) is 0.594. The lowest BCUT2D eigenvalue weighted by Gasteiger charge is -1.91. The van der Waals surface area contributed by atoms with Crippen molar-refractivity contribution in [3.63, 3.8) is 0 Å². The number of hydrogen-bond acceptors (Lipinski definition) is 3. The van der Waals surface area contributed by atoms with E-state index >= 15 is 0 Å². The number of aromatic amines is 2. The Hall–Kier alpha value is -0.840. The van der Waals surface area contributed by atoms with Crippen LogP contribution in [0.5, 0.6) is 6.01 Å². The van der Waals surface area contributed by atoms with E-state index < -0.39 is 0 Å². The van der Waals surface area contributed by atoms with E-state index in [0.717, 1.165) is 0 Å². The first-order valence-electron chi connectivity index (χ1n) is 2.60. The number of rotatable bonds is 2. The Balaban J connectivity index is 2.73. The zero-order chi connectivity index (χ0) is 6.69. The molecule has 1 rings (SSSR count). The normalized spacial score (nSPS) is 9.44. The number of H-pyrrole nitrogens is 2. The van der Waals surface area contributed by atoms with E-state index in [-0.39, 0.29) is 0 Å². The summed E-state index contributed by atoms with van der Waals surface area (Å²) in [6.07, 6.45) is 0. The summed E-state index contributed by atoms with van der Waals surface area (Å²) in [5.74, 6) is 0. The van der Waals surface area contributed by atoms with E-state index in [2.05, 4.69) is 27.4 Å². The van der Waals surface area contributed by atoms with Crippen LogP contribution in [0.3, 0.4) is 0 Å². The molecule has 0 spiro atoms. The molecule has 0 saturated heterocycles. The third-order valence-electron chi connectivity index (χ3n) is 0.761. The first-order chi connectivity index (χ1) is 4.33. The fourth-order valence-electron chi connectivity index (χ4n) is 0.460. The maximum absolute atomic E-state index is 4.96. The second-order valence-electron chi connectivity index (χ2n) is 1.41. The highest BCUT2D eigenvalue weighted by Gasteiger charge is 1.91. The van der Waals surface area contributed by atoms with Crippen molar-refractivity contribution >= 4 is 12.2 Å². The van der Waals surface area contributed by atoms with Crippen LogP contribution < -0.4 is 4.74 Å². The third kappa shape index (κ3) is 1.53. The molecule has 0 saturated carbocycles. The lowest BCUT2D eigenvalue weighted by Crippen LogP contribution is -1.92. The Kier molecular flexibility index (Phi) is 1.84. The topological polar surface area (TPSA) is 53.7 Å². The van der Waals surface area contributed by atoms with Gasteiger partial charge in [0.2, 0.25) is 4.77 Å². The minimum absolute atomic E-state index is 0.415.